The summed E-state index contributed by atoms with van der Waals surface area (Å²) < 4.78 is 0. The minimum absolute atomic E-state index is 0.383. The third-order valence-electron chi connectivity index (χ3n) is 2.78. The fraction of sp³-hybridized carbons (Fsp3) is 0.364. The number of nitrogens with one attached hydrogen (secondary N) is 1. The zero-order valence-electron chi connectivity index (χ0n) is 9.19. The van der Waals surface area contributed by atoms with Crippen LogP contribution in [0.4, 0.5) is 5.69 Å². The molecular formula is C11H17N5. The fourth-order valence-electron chi connectivity index (χ4n) is 1.94. The topological polar surface area (TPSA) is 79.7 Å². The van der Waals surface area contributed by atoms with E-state index < -0.39 is 0 Å². The van der Waals surface area contributed by atoms with Gasteiger partial charge in [-0.1, -0.05) is 12.1 Å². The molecule has 1 saturated heterocycles. The van der Waals surface area contributed by atoms with Crippen molar-refractivity contribution in [2.75, 3.05) is 31.1 Å². The highest BCUT2D eigenvalue weighted by atomic mass is 15.2. The number of rotatable bonds is 2. The van der Waals surface area contributed by atoms with E-state index in [0.717, 1.165) is 37.4 Å². The van der Waals surface area contributed by atoms with E-state index in [4.69, 9.17) is 11.6 Å². The van der Waals surface area contributed by atoms with Crippen LogP contribution in [0.3, 0.4) is 0 Å². The molecule has 86 valence electrons. The summed E-state index contributed by atoms with van der Waals surface area (Å²) in [5.74, 6) is 5.62. The SMILES string of the molecule is N/N=C(\N)c1ccccc1N1CCNCC1. The lowest BCUT2D eigenvalue weighted by molar-refractivity contribution is 0.589. The number of hydrazone groups is 1. The van der Waals surface area contributed by atoms with Crippen LogP contribution in [0.15, 0.2) is 29.4 Å². The molecule has 16 heavy (non-hydrogen) atoms. The Bertz CT molecular complexity index is 382. The van der Waals surface area contributed by atoms with E-state index in [2.05, 4.69) is 21.4 Å². The molecule has 5 N–H and O–H groups in total. The molecule has 0 atom stereocenters. The van der Waals surface area contributed by atoms with Gasteiger partial charge in [0.05, 0.1) is 0 Å². The summed E-state index contributed by atoms with van der Waals surface area (Å²) in [6.07, 6.45) is 0. The van der Waals surface area contributed by atoms with E-state index >= 15 is 0 Å². The van der Waals surface area contributed by atoms with Crippen molar-refractivity contribution in [3.8, 4) is 0 Å². The lowest BCUT2D eigenvalue weighted by Crippen LogP contribution is -2.44. The van der Waals surface area contributed by atoms with Gasteiger partial charge in [0.25, 0.3) is 0 Å². The highest BCUT2D eigenvalue weighted by molar-refractivity contribution is 6.02. The second-order valence-electron chi connectivity index (χ2n) is 3.77. The maximum atomic E-state index is 5.78. The third kappa shape index (κ3) is 2.09. The number of anilines is 1. The first-order chi connectivity index (χ1) is 7.83. The highest BCUT2D eigenvalue weighted by Gasteiger charge is 2.15. The average Bonchev–Trinajstić information content (AvgIpc) is 2.39. The van der Waals surface area contributed by atoms with Crippen LogP contribution in [0, 0.1) is 0 Å². The molecule has 0 bridgehead atoms. The number of hydrogen-bond acceptors (Lipinski definition) is 4. The van der Waals surface area contributed by atoms with E-state index in [1.807, 2.05) is 18.2 Å². The van der Waals surface area contributed by atoms with E-state index in [1.165, 1.54) is 0 Å². The van der Waals surface area contributed by atoms with Crippen LogP contribution in [0.5, 0.6) is 0 Å². The fourth-order valence-corrected chi connectivity index (χ4v) is 1.94. The molecule has 0 spiro atoms. The predicted octanol–water partition coefficient (Wildman–Crippen LogP) is -0.325. The van der Waals surface area contributed by atoms with Crippen LogP contribution in [-0.4, -0.2) is 32.0 Å². The largest absolute Gasteiger partial charge is 0.382 e. The van der Waals surface area contributed by atoms with Gasteiger partial charge in [0.15, 0.2) is 5.84 Å². The second kappa shape index (κ2) is 4.85. The van der Waals surface area contributed by atoms with Gasteiger partial charge in [-0.05, 0) is 12.1 Å². The minimum Gasteiger partial charge on any atom is -0.382 e. The summed E-state index contributed by atoms with van der Waals surface area (Å²) in [5, 5.41) is 6.89. The molecule has 0 saturated carbocycles. The van der Waals surface area contributed by atoms with Crippen molar-refractivity contribution in [1.82, 2.24) is 5.32 Å². The third-order valence-corrected chi connectivity index (χ3v) is 2.78. The maximum absolute atomic E-state index is 5.78. The maximum Gasteiger partial charge on any atom is 0.152 e. The summed E-state index contributed by atoms with van der Waals surface area (Å²) >= 11 is 0. The Kier molecular flexibility index (Phi) is 3.26. The van der Waals surface area contributed by atoms with Crippen molar-refractivity contribution in [2.45, 2.75) is 0 Å². The van der Waals surface area contributed by atoms with Crippen molar-refractivity contribution in [2.24, 2.45) is 16.7 Å². The van der Waals surface area contributed by atoms with Crippen molar-refractivity contribution >= 4 is 11.5 Å². The molecule has 0 aromatic heterocycles. The van der Waals surface area contributed by atoms with Gasteiger partial charge in [-0.2, -0.15) is 5.10 Å². The average molecular weight is 219 g/mol. The number of para-hydroxylation sites is 1. The molecular weight excluding hydrogens is 202 g/mol. The van der Waals surface area contributed by atoms with Crippen LogP contribution < -0.4 is 21.8 Å². The van der Waals surface area contributed by atoms with Gasteiger partial charge >= 0.3 is 0 Å². The molecule has 0 aliphatic carbocycles. The van der Waals surface area contributed by atoms with Crippen molar-refractivity contribution in [1.29, 1.82) is 0 Å². The standard InChI is InChI=1S/C11H17N5/c12-11(15-13)9-3-1-2-4-10(9)16-7-5-14-6-8-16/h1-4,14H,5-8,13H2,(H2,12,15). The van der Waals surface area contributed by atoms with Crippen molar-refractivity contribution < 1.29 is 0 Å². The number of nitrogens with zero attached hydrogens (tertiary/aromatic N) is 2. The summed E-state index contributed by atoms with van der Waals surface area (Å²) in [6, 6.07) is 7.95. The van der Waals surface area contributed by atoms with Crippen LogP contribution >= 0.6 is 0 Å². The van der Waals surface area contributed by atoms with Gasteiger partial charge < -0.3 is 21.8 Å². The molecule has 2 rings (SSSR count). The molecule has 1 fully saturated rings. The normalized spacial score (nSPS) is 17.5. The van der Waals surface area contributed by atoms with Gasteiger partial charge in [-0.3, -0.25) is 0 Å². The van der Waals surface area contributed by atoms with Gasteiger partial charge in [0, 0.05) is 37.4 Å². The highest BCUT2D eigenvalue weighted by Crippen LogP contribution is 2.20. The van der Waals surface area contributed by atoms with Gasteiger partial charge in [0.2, 0.25) is 0 Å². The van der Waals surface area contributed by atoms with Crippen LogP contribution in [0.25, 0.3) is 0 Å². The molecule has 1 aliphatic heterocycles. The lowest BCUT2D eigenvalue weighted by Gasteiger charge is -2.30. The smallest absolute Gasteiger partial charge is 0.152 e. The second-order valence-corrected chi connectivity index (χ2v) is 3.77. The Morgan fingerprint density at radius 3 is 2.62 bits per heavy atom. The first-order valence-corrected chi connectivity index (χ1v) is 5.41. The number of piperazine rings is 1. The predicted molar refractivity (Wildman–Crippen MR) is 66.4 cm³/mol. The molecule has 0 radical (unpaired) electrons. The Morgan fingerprint density at radius 2 is 1.94 bits per heavy atom. The molecule has 5 nitrogen and oxygen atoms in total. The summed E-state index contributed by atoms with van der Waals surface area (Å²) in [4.78, 5) is 2.30. The first-order valence-electron chi connectivity index (χ1n) is 5.41. The molecule has 1 aromatic carbocycles. The van der Waals surface area contributed by atoms with Crippen molar-refractivity contribution in [3.05, 3.63) is 29.8 Å². The van der Waals surface area contributed by atoms with Crippen LogP contribution in [-0.2, 0) is 0 Å². The van der Waals surface area contributed by atoms with Gasteiger partial charge in [-0.15, -0.1) is 0 Å². The molecule has 1 heterocycles. The Balaban J connectivity index is 2.31. The monoisotopic (exact) mass is 219 g/mol. The Hall–Kier alpha value is -1.75. The molecule has 0 amide bonds. The number of amidine groups is 1. The zero-order chi connectivity index (χ0) is 11.4. The first kappa shape index (κ1) is 10.8. The minimum atomic E-state index is 0.383. The van der Waals surface area contributed by atoms with Gasteiger partial charge in [-0.25, -0.2) is 0 Å². The van der Waals surface area contributed by atoms with E-state index in [-0.39, 0.29) is 0 Å². The Morgan fingerprint density at radius 1 is 1.25 bits per heavy atom. The summed E-state index contributed by atoms with van der Waals surface area (Å²) in [7, 11) is 0. The Labute approximate surface area is 95.1 Å². The van der Waals surface area contributed by atoms with Crippen LogP contribution in [0.2, 0.25) is 0 Å². The quantitative estimate of drug-likeness (QED) is 0.275. The van der Waals surface area contributed by atoms with Crippen molar-refractivity contribution in [3.63, 3.8) is 0 Å². The lowest BCUT2D eigenvalue weighted by atomic mass is 10.1. The number of nitrogens with two attached hydrogens (primary N) is 2. The van der Waals surface area contributed by atoms with E-state index in [9.17, 15) is 0 Å². The van der Waals surface area contributed by atoms with E-state index in [1.54, 1.807) is 0 Å². The number of hydrogen-bond donors (Lipinski definition) is 3. The summed E-state index contributed by atoms with van der Waals surface area (Å²) in [5.41, 5.74) is 7.80. The van der Waals surface area contributed by atoms with E-state index in [0.29, 0.717) is 5.84 Å². The van der Waals surface area contributed by atoms with Crippen LogP contribution in [0.1, 0.15) is 5.56 Å². The summed E-state index contributed by atoms with van der Waals surface area (Å²) in [6.45, 7) is 3.95. The van der Waals surface area contributed by atoms with Gasteiger partial charge in [0.1, 0.15) is 0 Å². The number of benzene rings is 1. The molecule has 1 aromatic rings. The molecule has 0 unspecified atom stereocenters. The zero-order valence-corrected chi connectivity index (χ0v) is 9.19. The molecule has 5 heteroatoms. The molecule has 1 aliphatic rings.